The Hall–Kier alpha value is -2.61. The van der Waals surface area contributed by atoms with E-state index >= 15 is 0 Å². The number of hydrogen-bond acceptors (Lipinski definition) is 5. The third kappa shape index (κ3) is 3.69. The molecule has 0 aliphatic carbocycles. The van der Waals surface area contributed by atoms with Gasteiger partial charge in [0.15, 0.2) is 0 Å². The normalized spacial score (nSPS) is 9.95. The van der Waals surface area contributed by atoms with Crippen LogP contribution < -0.4 is 10.1 Å². The number of benzene rings is 1. The zero-order valence-electron chi connectivity index (χ0n) is 12.3. The van der Waals surface area contributed by atoms with Crippen molar-refractivity contribution in [2.45, 2.75) is 26.7 Å². The van der Waals surface area contributed by atoms with Gasteiger partial charge in [-0.25, -0.2) is 9.97 Å². The topological polar surface area (TPSA) is 70.8 Å². The number of nitrogens with zero attached hydrogens (tertiary/aromatic N) is 3. The van der Waals surface area contributed by atoms with Crippen molar-refractivity contribution in [3.05, 3.63) is 41.7 Å². The summed E-state index contributed by atoms with van der Waals surface area (Å²) in [6.45, 7) is 4.93. The maximum absolute atomic E-state index is 8.81. The molecule has 0 radical (unpaired) electrons. The summed E-state index contributed by atoms with van der Waals surface area (Å²) in [5, 5.41) is 12.0. The number of nitriles is 1. The highest BCUT2D eigenvalue weighted by molar-refractivity contribution is 5.50. The van der Waals surface area contributed by atoms with Crippen LogP contribution in [-0.2, 0) is 6.42 Å². The predicted octanol–water partition coefficient (Wildman–Crippen LogP) is 3.52. The molecule has 0 saturated carbocycles. The minimum atomic E-state index is 0.563. The lowest BCUT2D eigenvalue weighted by molar-refractivity contribution is 0.454. The second-order valence-electron chi connectivity index (χ2n) is 4.52. The van der Waals surface area contributed by atoms with E-state index in [1.54, 1.807) is 24.3 Å². The predicted molar refractivity (Wildman–Crippen MR) is 81.4 cm³/mol. The van der Waals surface area contributed by atoms with Crippen molar-refractivity contribution in [3.63, 3.8) is 0 Å². The maximum Gasteiger partial charge on any atom is 0.227 e. The molecule has 21 heavy (non-hydrogen) atoms. The summed E-state index contributed by atoms with van der Waals surface area (Å²) < 4.78 is 5.85. The molecule has 1 aromatic carbocycles. The Morgan fingerprint density at radius 1 is 1.19 bits per heavy atom. The molecule has 1 N–H and O–H groups in total. The molecule has 0 aliphatic rings. The van der Waals surface area contributed by atoms with Gasteiger partial charge in [0.05, 0.1) is 17.2 Å². The molecule has 0 spiro atoms. The molecule has 1 aromatic heterocycles. The molecule has 5 nitrogen and oxygen atoms in total. The van der Waals surface area contributed by atoms with Gasteiger partial charge in [-0.3, -0.25) is 0 Å². The Morgan fingerprint density at radius 2 is 1.95 bits per heavy atom. The van der Waals surface area contributed by atoms with Gasteiger partial charge >= 0.3 is 0 Å². The van der Waals surface area contributed by atoms with Crippen LogP contribution >= 0.6 is 0 Å². The second kappa shape index (κ2) is 7.25. The highest BCUT2D eigenvalue weighted by atomic mass is 16.5. The lowest BCUT2D eigenvalue weighted by atomic mass is 10.1. The summed E-state index contributed by atoms with van der Waals surface area (Å²) in [5.41, 5.74) is 1.58. The SMILES string of the molecule is CCCc1c(NCC)ncnc1Oc1ccc(C#N)cc1. The standard InChI is InChI=1S/C16H18N4O/c1-3-5-14-15(18-4-2)19-11-20-16(14)21-13-8-6-12(10-17)7-9-13/h6-9,11H,3-5H2,1-2H3,(H,18,19,20). The zero-order chi connectivity index (χ0) is 15.1. The Labute approximate surface area is 124 Å². The monoisotopic (exact) mass is 282 g/mol. The van der Waals surface area contributed by atoms with Crippen LogP contribution in [0.15, 0.2) is 30.6 Å². The van der Waals surface area contributed by atoms with Crippen LogP contribution in [0, 0.1) is 11.3 Å². The summed E-state index contributed by atoms with van der Waals surface area (Å²) in [4.78, 5) is 8.51. The highest BCUT2D eigenvalue weighted by Gasteiger charge is 2.12. The molecule has 1 heterocycles. The van der Waals surface area contributed by atoms with Gasteiger partial charge in [-0.15, -0.1) is 0 Å². The molecule has 0 fully saturated rings. The first-order chi connectivity index (χ1) is 10.3. The minimum absolute atomic E-state index is 0.563. The third-order valence-corrected chi connectivity index (χ3v) is 2.95. The lowest BCUT2D eigenvalue weighted by Crippen LogP contribution is -2.06. The first-order valence-electron chi connectivity index (χ1n) is 7.04. The summed E-state index contributed by atoms with van der Waals surface area (Å²) >= 11 is 0. The largest absolute Gasteiger partial charge is 0.439 e. The van der Waals surface area contributed by atoms with Crippen molar-refractivity contribution < 1.29 is 4.74 Å². The molecule has 2 rings (SSSR count). The van der Waals surface area contributed by atoms with E-state index in [4.69, 9.17) is 10.00 Å². The Balaban J connectivity index is 2.29. The number of hydrogen-bond donors (Lipinski definition) is 1. The molecule has 2 aromatic rings. The van der Waals surface area contributed by atoms with E-state index in [-0.39, 0.29) is 0 Å². The third-order valence-electron chi connectivity index (χ3n) is 2.95. The van der Waals surface area contributed by atoms with Crippen molar-refractivity contribution in [1.29, 1.82) is 5.26 Å². The average Bonchev–Trinajstić information content (AvgIpc) is 2.51. The first-order valence-corrected chi connectivity index (χ1v) is 7.04. The first kappa shape index (κ1) is 14.8. The summed E-state index contributed by atoms with van der Waals surface area (Å²) in [6, 6.07) is 9.07. The van der Waals surface area contributed by atoms with Gasteiger partial charge in [0, 0.05) is 6.54 Å². The van der Waals surface area contributed by atoms with Crippen molar-refractivity contribution in [1.82, 2.24) is 9.97 Å². The Kier molecular flexibility index (Phi) is 5.10. The Morgan fingerprint density at radius 3 is 2.57 bits per heavy atom. The molecule has 0 bridgehead atoms. The van der Waals surface area contributed by atoms with E-state index in [1.165, 1.54) is 6.33 Å². The van der Waals surface area contributed by atoms with Gasteiger partial charge in [0.2, 0.25) is 5.88 Å². The lowest BCUT2D eigenvalue weighted by Gasteiger charge is -2.13. The van der Waals surface area contributed by atoms with E-state index in [1.807, 2.05) is 6.92 Å². The van der Waals surface area contributed by atoms with Crippen LogP contribution in [0.4, 0.5) is 5.82 Å². The zero-order valence-corrected chi connectivity index (χ0v) is 12.3. The van der Waals surface area contributed by atoms with Crippen LogP contribution in [0.2, 0.25) is 0 Å². The number of nitrogens with one attached hydrogen (secondary N) is 1. The van der Waals surface area contributed by atoms with Crippen molar-refractivity contribution >= 4 is 5.82 Å². The van der Waals surface area contributed by atoms with Gasteiger partial charge < -0.3 is 10.1 Å². The summed E-state index contributed by atoms with van der Waals surface area (Å²) in [6.07, 6.45) is 3.32. The van der Waals surface area contributed by atoms with Crippen LogP contribution in [0.25, 0.3) is 0 Å². The molecule has 0 unspecified atom stereocenters. The van der Waals surface area contributed by atoms with E-state index < -0.39 is 0 Å². The fourth-order valence-electron chi connectivity index (χ4n) is 1.99. The van der Waals surface area contributed by atoms with Gasteiger partial charge in [-0.2, -0.15) is 5.26 Å². The van der Waals surface area contributed by atoms with Crippen LogP contribution in [0.5, 0.6) is 11.6 Å². The van der Waals surface area contributed by atoms with E-state index in [0.717, 1.165) is 30.8 Å². The highest BCUT2D eigenvalue weighted by Crippen LogP contribution is 2.28. The fourth-order valence-corrected chi connectivity index (χ4v) is 1.99. The molecular formula is C16H18N4O. The van der Waals surface area contributed by atoms with E-state index in [2.05, 4.69) is 28.3 Å². The number of rotatable bonds is 6. The van der Waals surface area contributed by atoms with Crippen molar-refractivity contribution in [2.75, 3.05) is 11.9 Å². The molecule has 0 aliphatic heterocycles. The van der Waals surface area contributed by atoms with Gasteiger partial charge in [-0.05, 0) is 37.6 Å². The maximum atomic E-state index is 8.81. The van der Waals surface area contributed by atoms with Gasteiger partial charge in [-0.1, -0.05) is 13.3 Å². The van der Waals surface area contributed by atoms with Gasteiger partial charge in [0.25, 0.3) is 0 Å². The van der Waals surface area contributed by atoms with Gasteiger partial charge in [0.1, 0.15) is 17.9 Å². The number of ether oxygens (including phenoxy) is 1. The molecule has 0 amide bonds. The number of anilines is 1. The molecule has 0 saturated heterocycles. The summed E-state index contributed by atoms with van der Waals surface area (Å²) in [5.74, 6) is 2.04. The van der Waals surface area contributed by atoms with Crippen LogP contribution in [0.1, 0.15) is 31.4 Å². The smallest absolute Gasteiger partial charge is 0.227 e. The minimum Gasteiger partial charge on any atom is -0.439 e. The average molecular weight is 282 g/mol. The quantitative estimate of drug-likeness (QED) is 0.877. The van der Waals surface area contributed by atoms with E-state index in [9.17, 15) is 0 Å². The number of aromatic nitrogens is 2. The van der Waals surface area contributed by atoms with E-state index in [0.29, 0.717) is 17.2 Å². The van der Waals surface area contributed by atoms with Crippen molar-refractivity contribution in [2.24, 2.45) is 0 Å². The second-order valence-corrected chi connectivity index (χ2v) is 4.52. The van der Waals surface area contributed by atoms with Crippen LogP contribution in [0.3, 0.4) is 0 Å². The molecule has 108 valence electrons. The summed E-state index contributed by atoms with van der Waals surface area (Å²) in [7, 11) is 0. The van der Waals surface area contributed by atoms with Crippen LogP contribution in [-0.4, -0.2) is 16.5 Å². The fraction of sp³-hybridized carbons (Fsp3) is 0.312. The van der Waals surface area contributed by atoms with Crippen molar-refractivity contribution in [3.8, 4) is 17.7 Å². The molecule has 5 heteroatoms. The Bertz CT molecular complexity index is 632. The molecular weight excluding hydrogens is 264 g/mol. The molecule has 0 atom stereocenters.